The summed E-state index contributed by atoms with van der Waals surface area (Å²) >= 11 is 2.75. The number of aryl methyl sites for hydroxylation is 1. The Bertz CT molecular complexity index is 287. The average molecular weight is 217 g/mol. The van der Waals surface area contributed by atoms with Gasteiger partial charge in [-0.05, 0) is 13.8 Å². The first-order chi connectivity index (χ1) is 6.22. The number of rotatable bonds is 3. The second-order valence-electron chi connectivity index (χ2n) is 2.32. The van der Waals surface area contributed by atoms with Crippen molar-refractivity contribution in [2.45, 2.75) is 18.2 Å². The first kappa shape index (κ1) is 10.3. The SMILES string of the molecule is CCNC(=O)NSc1nc(C)cs1. The third-order valence-corrected chi connectivity index (χ3v) is 3.01. The molecule has 1 aromatic rings. The Labute approximate surface area is 85.3 Å². The summed E-state index contributed by atoms with van der Waals surface area (Å²) in [5.41, 5.74) is 0.977. The third kappa shape index (κ3) is 3.65. The van der Waals surface area contributed by atoms with Crippen LogP contribution in [0.15, 0.2) is 9.72 Å². The van der Waals surface area contributed by atoms with Gasteiger partial charge in [0.15, 0.2) is 4.34 Å². The van der Waals surface area contributed by atoms with Gasteiger partial charge >= 0.3 is 6.03 Å². The summed E-state index contributed by atoms with van der Waals surface area (Å²) in [7, 11) is 0. The number of hydrogen-bond acceptors (Lipinski definition) is 4. The molecular weight excluding hydrogens is 206 g/mol. The smallest absolute Gasteiger partial charge is 0.325 e. The van der Waals surface area contributed by atoms with E-state index < -0.39 is 0 Å². The van der Waals surface area contributed by atoms with E-state index in [0.717, 1.165) is 10.0 Å². The van der Waals surface area contributed by atoms with E-state index in [-0.39, 0.29) is 6.03 Å². The van der Waals surface area contributed by atoms with Crippen molar-refractivity contribution in [1.29, 1.82) is 0 Å². The topological polar surface area (TPSA) is 54.0 Å². The number of hydrogen-bond donors (Lipinski definition) is 2. The van der Waals surface area contributed by atoms with Crippen molar-refractivity contribution in [2.24, 2.45) is 0 Å². The monoisotopic (exact) mass is 217 g/mol. The average Bonchev–Trinajstić information content (AvgIpc) is 2.49. The lowest BCUT2D eigenvalue weighted by molar-refractivity contribution is 0.247. The second-order valence-corrected chi connectivity index (χ2v) is 4.23. The van der Waals surface area contributed by atoms with Gasteiger partial charge < -0.3 is 5.32 Å². The summed E-state index contributed by atoms with van der Waals surface area (Å²) in [6.45, 7) is 4.42. The van der Waals surface area contributed by atoms with Crippen molar-refractivity contribution in [3.8, 4) is 0 Å². The zero-order chi connectivity index (χ0) is 9.68. The molecule has 0 aliphatic rings. The third-order valence-electron chi connectivity index (χ3n) is 1.17. The molecule has 0 unspecified atom stereocenters. The van der Waals surface area contributed by atoms with E-state index in [1.165, 1.54) is 23.3 Å². The molecule has 0 aliphatic carbocycles. The van der Waals surface area contributed by atoms with Gasteiger partial charge in [-0.15, -0.1) is 11.3 Å². The minimum atomic E-state index is -0.180. The van der Waals surface area contributed by atoms with Gasteiger partial charge in [0.1, 0.15) is 0 Å². The number of amides is 2. The molecule has 6 heteroatoms. The van der Waals surface area contributed by atoms with Gasteiger partial charge in [-0.25, -0.2) is 9.78 Å². The molecule has 0 saturated heterocycles. The molecule has 0 radical (unpaired) electrons. The highest BCUT2D eigenvalue weighted by atomic mass is 32.2. The summed E-state index contributed by atoms with van der Waals surface area (Å²) in [4.78, 5) is 15.1. The van der Waals surface area contributed by atoms with Crippen LogP contribution in [0.3, 0.4) is 0 Å². The van der Waals surface area contributed by atoms with Crippen molar-refractivity contribution >= 4 is 29.3 Å². The number of aromatic nitrogens is 1. The summed E-state index contributed by atoms with van der Waals surface area (Å²) in [6.07, 6.45) is 0. The summed E-state index contributed by atoms with van der Waals surface area (Å²) in [5, 5.41) is 4.57. The van der Waals surface area contributed by atoms with Crippen molar-refractivity contribution in [3.63, 3.8) is 0 Å². The van der Waals surface area contributed by atoms with Crippen LogP contribution in [-0.2, 0) is 0 Å². The normalized spacial score (nSPS) is 9.69. The second kappa shape index (κ2) is 5.08. The first-order valence-electron chi connectivity index (χ1n) is 3.85. The molecule has 1 heterocycles. The van der Waals surface area contributed by atoms with Gasteiger partial charge in [0.25, 0.3) is 0 Å². The standard InChI is InChI=1S/C7H11N3OS2/c1-3-8-6(11)10-13-7-9-5(2)4-12-7/h4H,3H2,1-2H3,(H2,8,10,11). The Morgan fingerprint density at radius 1 is 1.77 bits per heavy atom. The molecule has 0 aliphatic heterocycles. The van der Waals surface area contributed by atoms with Crippen LogP contribution < -0.4 is 10.0 Å². The van der Waals surface area contributed by atoms with Gasteiger partial charge in [0.2, 0.25) is 0 Å². The van der Waals surface area contributed by atoms with Crippen LogP contribution in [-0.4, -0.2) is 17.6 Å². The van der Waals surface area contributed by atoms with E-state index in [1.807, 2.05) is 19.2 Å². The fourth-order valence-electron chi connectivity index (χ4n) is 0.666. The lowest BCUT2D eigenvalue weighted by Crippen LogP contribution is -2.30. The molecule has 72 valence electrons. The van der Waals surface area contributed by atoms with Gasteiger partial charge in [-0.3, -0.25) is 4.72 Å². The number of carbonyl (C=O) groups is 1. The van der Waals surface area contributed by atoms with Crippen LogP contribution in [0.4, 0.5) is 4.79 Å². The first-order valence-corrected chi connectivity index (χ1v) is 5.54. The van der Waals surface area contributed by atoms with Crippen molar-refractivity contribution < 1.29 is 4.79 Å². The largest absolute Gasteiger partial charge is 0.338 e. The lowest BCUT2D eigenvalue weighted by atomic mass is 10.6. The van der Waals surface area contributed by atoms with Gasteiger partial charge in [0, 0.05) is 29.6 Å². The number of thiazole rings is 1. The van der Waals surface area contributed by atoms with E-state index in [2.05, 4.69) is 15.0 Å². The van der Waals surface area contributed by atoms with Crippen molar-refractivity contribution in [2.75, 3.05) is 6.54 Å². The quantitative estimate of drug-likeness (QED) is 0.759. The maximum atomic E-state index is 11.0. The van der Waals surface area contributed by atoms with Gasteiger partial charge in [-0.1, -0.05) is 0 Å². The molecule has 0 spiro atoms. The number of urea groups is 1. The van der Waals surface area contributed by atoms with Crippen LogP contribution in [0, 0.1) is 6.92 Å². The van der Waals surface area contributed by atoms with Crippen LogP contribution >= 0.6 is 23.3 Å². The Morgan fingerprint density at radius 2 is 2.54 bits per heavy atom. The zero-order valence-electron chi connectivity index (χ0n) is 7.46. The van der Waals surface area contributed by atoms with Crippen LogP contribution in [0.25, 0.3) is 0 Å². The molecule has 0 aromatic carbocycles. The van der Waals surface area contributed by atoms with Crippen LogP contribution in [0.2, 0.25) is 0 Å². The fourth-order valence-corrected chi connectivity index (χ4v) is 2.09. The predicted octanol–water partition coefficient (Wildman–Crippen LogP) is 1.78. The molecular formula is C7H11N3OS2. The molecule has 2 amide bonds. The Morgan fingerprint density at radius 3 is 3.08 bits per heavy atom. The highest BCUT2D eigenvalue weighted by Crippen LogP contribution is 2.18. The highest BCUT2D eigenvalue weighted by Gasteiger charge is 2.02. The number of nitrogens with one attached hydrogen (secondary N) is 2. The number of nitrogens with zero attached hydrogens (tertiary/aromatic N) is 1. The van der Waals surface area contributed by atoms with E-state index >= 15 is 0 Å². The van der Waals surface area contributed by atoms with Crippen molar-refractivity contribution in [3.05, 3.63) is 11.1 Å². The molecule has 0 fully saturated rings. The molecule has 0 saturated carbocycles. The predicted molar refractivity (Wildman–Crippen MR) is 54.9 cm³/mol. The lowest BCUT2D eigenvalue weighted by Gasteiger charge is -2.01. The minimum Gasteiger partial charge on any atom is -0.338 e. The van der Waals surface area contributed by atoms with Crippen LogP contribution in [0.1, 0.15) is 12.6 Å². The van der Waals surface area contributed by atoms with E-state index in [9.17, 15) is 4.79 Å². The molecule has 1 rings (SSSR count). The Hall–Kier alpha value is -0.750. The zero-order valence-corrected chi connectivity index (χ0v) is 9.09. The Balaban J connectivity index is 2.30. The van der Waals surface area contributed by atoms with E-state index in [0.29, 0.717) is 6.54 Å². The minimum absolute atomic E-state index is 0.180. The molecule has 2 N–H and O–H groups in total. The fraction of sp³-hybridized carbons (Fsp3) is 0.429. The molecule has 13 heavy (non-hydrogen) atoms. The molecule has 1 aromatic heterocycles. The van der Waals surface area contributed by atoms with E-state index in [1.54, 1.807) is 0 Å². The summed E-state index contributed by atoms with van der Waals surface area (Å²) in [5.74, 6) is 0. The summed E-state index contributed by atoms with van der Waals surface area (Å²) < 4.78 is 3.48. The van der Waals surface area contributed by atoms with Crippen LogP contribution in [0.5, 0.6) is 0 Å². The highest BCUT2D eigenvalue weighted by molar-refractivity contribution is 7.99. The summed E-state index contributed by atoms with van der Waals surface area (Å²) in [6, 6.07) is -0.180. The maximum Gasteiger partial charge on any atom is 0.325 e. The Kier molecular flexibility index (Phi) is 4.04. The molecule has 0 bridgehead atoms. The van der Waals surface area contributed by atoms with Crippen molar-refractivity contribution in [1.82, 2.24) is 15.0 Å². The number of carbonyl (C=O) groups excluding carboxylic acids is 1. The molecule has 4 nitrogen and oxygen atoms in total. The maximum absolute atomic E-state index is 11.0. The van der Waals surface area contributed by atoms with Gasteiger partial charge in [-0.2, -0.15) is 0 Å². The molecule has 0 atom stereocenters. The van der Waals surface area contributed by atoms with Gasteiger partial charge in [0.05, 0.1) is 0 Å². The van der Waals surface area contributed by atoms with E-state index in [4.69, 9.17) is 0 Å².